The van der Waals surface area contributed by atoms with Crippen LogP contribution in [0.1, 0.15) is 64.7 Å². The van der Waals surface area contributed by atoms with Gasteiger partial charge in [0.1, 0.15) is 17.9 Å². The number of carbonyl (C=O) groups is 1. The highest BCUT2D eigenvalue weighted by Gasteiger charge is 2.12. The second-order valence-electron chi connectivity index (χ2n) is 8.97. The van der Waals surface area contributed by atoms with Crippen molar-refractivity contribution in [2.45, 2.75) is 60.4 Å². The third kappa shape index (κ3) is 11.8. The molecule has 0 bridgehead atoms. The summed E-state index contributed by atoms with van der Waals surface area (Å²) in [5.74, 6) is 1.76. The lowest BCUT2D eigenvalue weighted by atomic mass is 10.1. The van der Waals surface area contributed by atoms with E-state index in [-0.39, 0.29) is 0 Å². The summed E-state index contributed by atoms with van der Waals surface area (Å²) in [5, 5.41) is 5.48. The highest BCUT2D eigenvalue weighted by molar-refractivity contribution is 5.76. The van der Waals surface area contributed by atoms with Gasteiger partial charge in [0.25, 0.3) is 0 Å². The molecule has 1 aliphatic heterocycles. The van der Waals surface area contributed by atoms with Crippen LogP contribution in [-0.4, -0.2) is 55.6 Å². The predicted octanol–water partition coefficient (Wildman–Crippen LogP) is 4.48. The van der Waals surface area contributed by atoms with Gasteiger partial charge in [-0.1, -0.05) is 32.1 Å². The van der Waals surface area contributed by atoms with Crippen LogP contribution >= 0.6 is 0 Å². The lowest BCUT2D eigenvalue weighted by Gasteiger charge is -2.27. The molecule has 1 saturated heterocycles. The number of nitrogens with zero attached hydrogens (tertiary/aromatic N) is 3. The largest absolute Gasteiger partial charge is 0.378 e. The number of hydrogen-bond acceptors (Lipinski definition) is 7. The summed E-state index contributed by atoms with van der Waals surface area (Å²) in [6.07, 6.45) is 15.2. The highest BCUT2D eigenvalue weighted by atomic mass is 16.5. The number of aromatic nitrogens is 2. The summed E-state index contributed by atoms with van der Waals surface area (Å²) in [4.78, 5) is 21.3. The normalized spacial score (nSPS) is 15.6. The SMILES string of the molecule is C/C=C(C)/C(/C=c1/cc(NC)nc/c1=C\CC)=C/C.CCC(C)N.O=Cc1ccnc(N2CCOCC2)c1. The summed E-state index contributed by atoms with van der Waals surface area (Å²) < 4.78 is 5.24. The molecule has 0 aromatic carbocycles. The average Bonchev–Trinajstić information content (AvgIpc) is 2.97. The van der Waals surface area contributed by atoms with Crippen LogP contribution in [0, 0.1) is 0 Å². The molecule has 0 saturated carbocycles. The van der Waals surface area contributed by atoms with Gasteiger partial charge in [-0.3, -0.25) is 4.79 Å². The van der Waals surface area contributed by atoms with Crippen molar-refractivity contribution in [2.75, 3.05) is 43.6 Å². The highest BCUT2D eigenvalue weighted by Crippen LogP contribution is 2.13. The van der Waals surface area contributed by atoms with Crippen molar-refractivity contribution >= 4 is 30.1 Å². The molecule has 3 rings (SSSR count). The number of anilines is 2. The minimum atomic E-state index is 0.384. The molecule has 2 aromatic heterocycles. The zero-order valence-electron chi connectivity index (χ0n) is 24.3. The number of ether oxygens (including phenoxy) is 1. The van der Waals surface area contributed by atoms with Gasteiger partial charge in [-0.2, -0.15) is 0 Å². The molecule has 1 fully saturated rings. The zero-order valence-corrected chi connectivity index (χ0v) is 24.3. The second kappa shape index (κ2) is 18.9. The third-order valence-electron chi connectivity index (χ3n) is 6.04. The number of rotatable bonds is 7. The summed E-state index contributed by atoms with van der Waals surface area (Å²) >= 11 is 0. The number of hydrogen-bond donors (Lipinski definition) is 2. The molecular weight excluding hydrogens is 474 g/mol. The second-order valence-corrected chi connectivity index (χ2v) is 8.97. The van der Waals surface area contributed by atoms with Gasteiger partial charge in [-0.05, 0) is 86.4 Å². The maximum atomic E-state index is 10.6. The van der Waals surface area contributed by atoms with Gasteiger partial charge < -0.3 is 20.7 Å². The van der Waals surface area contributed by atoms with Crippen LogP contribution in [-0.2, 0) is 4.74 Å². The molecule has 1 atom stereocenters. The van der Waals surface area contributed by atoms with E-state index in [1.54, 1.807) is 18.3 Å². The van der Waals surface area contributed by atoms with Crippen LogP contribution in [0.5, 0.6) is 0 Å². The quantitative estimate of drug-likeness (QED) is 0.410. The van der Waals surface area contributed by atoms with E-state index in [1.807, 2.05) is 20.2 Å². The molecule has 0 aliphatic carbocycles. The summed E-state index contributed by atoms with van der Waals surface area (Å²) in [6, 6.07) is 5.98. The first kappa shape index (κ1) is 32.7. The van der Waals surface area contributed by atoms with E-state index in [0.717, 1.165) is 57.1 Å². The van der Waals surface area contributed by atoms with Crippen LogP contribution in [0.25, 0.3) is 12.2 Å². The number of allylic oxidation sites excluding steroid dienone is 4. The van der Waals surface area contributed by atoms with Crippen molar-refractivity contribution in [1.29, 1.82) is 0 Å². The van der Waals surface area contributed by atoms with Crippen molar-refractivity contribution in [3.05, 3.63) is 69.9 Å². The predicted molar refractivity (Wildman–Crippen MR) is 162 cm³/mol. The van der Waals surface area contributed by atoms with Gasteiger partial charge in [-0.25, -0.2) is 9.97 Å². The minimum Gasteiger partial charge on any atom is -0.378 e. The van der Waals surface area contributed by atoms with Gasteiger partial charge >= 0.3 is 0 Å². The first-order valence-electron chi connectivity index (χ1n) is 13.5. The summed E-state index contributed by atoms with van der Waals surface area (Å²) in [7, 11) is 1.89. The van der Waals surface area contributed by atoms with Crippen molar-refractivity contribution in [3.63, 3.8) is 0 Å². The van der Waals surface area contributed by atoms with Crippen molar-refractivity contribution in [1.82, 2.24) is 9.97 Å². The number of carbonyl (C=O) groups excluding carboxylic acids is 1. The number of nitrogens with one attached hydrogen (secondary N) is 1. The molecule has 0 radical (unpaired) electrons. The number of nitrogens with two attached hydrogens (primary N) is 1. The maximum absolute atomic E-state index is 10.6. The minimum absolute atomic E-state index is 0.384. The molecule has 0 amide bonds. The fourth-order valence-corrected chi connectivity index (χ4v) is 3.37. The standard InChI is InChI=1S/C17H24N2.C10H12N2O2.C4H11N/c1-6-9-15-12-19-17(18-5)11-16(15)10-14(8-3)13(4)7-2;13-8-9-1-2-11-10(7-9)12-3-5-14-6-4-12;1-3-4(2)5/h7-12,18H,6H2,1-5H3;1-2,7-8H,3-6H2;4H,3,5H2,1-2H3/b13-7+,14-8+,15-9+,16-10-;;. The lowest BCUT2D eigenvalue weighted by molar-refractivity contribution is 0.112. The molecule has 38 heavy (non-hydrogen) atoms. The molecule has 7 heteroatoms. The van der Waals surface area contributed by atoms with E-state index < -0.39 is 0 Å². The van der Waals surface area contributed by atoms with Crippen LogP contribution in [0.4, 0.5) is 11.6 Å². The average molecular weight is 522 g/mol. The van der Waals surface area contributed by atoms with Gasteiger partial charge in [0.2, 0.25) is 0 Å². The Morgan fingerprint density at radius 1 is 1.16 bits per heavy atom. The van der Waals surface area contributed by atoms with E-state index >= 15 is 0 Å². The fraction of sp³-hybridized carbons (Fsp3) is 0.452. The van der Waals surface area contributed by atoms with Crippen molar-refractivity contribution in [2.24, 2.45) is 5.73 Å². The lowest BCUT2D eigenvalue weighted by Crippen LogP contribution is -2.36. The van der Waals surface area contributed by atoms with Gasteiger partial charge in [-0.15, -0.1) is 0 Å². The van der Waals surface area contributed by atoms with E-state index in [4.69, 9.17) is 10.5 Å². The molecule has 1 aliphatic rings. The Kier molecular flexibility index (Phi) is 16.3. The molecular formula is C31H47N5O2. The molecule has 3 heterocycles. The van der Waals surface area contributed by atoms with E-state index in [0.29, 0.717) is 11.6 Å². The maximum Gasteiger partial charge on any atom is 0.150 e. The van der Waals surface area contributed by atoms with Crippen LogP contribution in [0.2, 0.25) is 0 Å². The van der Waals surface area contributed by atoms with E-state index in [2.05, 4.69) is 85.2 Å². The summed E-state index contributed by atoms with van der Waals surface area (Å²) in [5.41, 5.74) is 8.50. The molecule has 2 aromatic rings. The van der Waals surface area contributed by atoms with Crippen LogP contribution < -0.4 is 26.4 Å². The van der Waals surface area contributed by atoms with E-state index in [9.17, 15) is 4.79 Å². The fourth-order valence-electron chi connectivity index (χ4n) is 3.37. The number of aldehydes is 1. The number of morpholine rings is 1. The van der Waals surface area contributed by atoms with Crippen LogP contribution in [0.15, 0.2) is 53.9 Å². The first-order valence-corrected chi connectivity index (χ1v) is 13.5. The molecule has 3 N–H and O–H groups in total. The van der Waals surface area contributed by atoms with Gasteiger partial charge in [0.05, 0.1) is 13.2 Å². The van der Waals surface area contributed by atoms with Crippen molar-refractivity contribution < 1.29 is 9.53 Å². The molecule has 0 spiro atoms. The van der Waals surface area contributed by atoms with Crippen LogP contribution in [0.3, 0.4) is 0 Å². The van der Waals surface area contributed by atoms with Gasteiger partial charge in [0, 0.05) is 44.1 Å². The monoisotopic (exact) mass is 521 g/mol. The van der Waals surface area contributed by atoms with E-state index in [1.165, 1.54) is 21.6 Å². The Morgan fingerprint density at radius 3 is 2.37 bits per heavy atom. The van der Waals surface area contributed by atoms with Crippen molar-refractivity contribution in [3.8, 4) is 0 Å². The smallest absolute Gasteiger partial charge is 0.150 e. The topological polar surface area (TPSA) is 93.4 Å². The zero-order chi connectivity index (χ0) is 28.3. The Bertz CT molecular complexity index is 1150. The third-order valence-corrected chi connectivity index (χ3v) is 6.04. The Balaban J connectivity index is 0.000000332. The number of pyridine rings is 2. The molecule has 1 unspecified atom stereocenters. The Labute approximate surface area is 229 Å². The molecule has 7 nitrogen and oxygen atoms in total. The molecule has 208 valence electrons. The Hall–Kier alpha value is -3.29. The summed E-state index contributed by atoms with van der Waals surface area (Å²) in [6.45, 7) is 15.6. The Morgan fingerprint density at radius 2 is 1.84 bits per heavy atom. The first-order chi connectivity index (χ1) is 18.3. The van der Waals surface area contributed by atoms with Gasteiger partial charge in [0.15, 0.2) is 0 Å².